The minimum absolute atomic E-state index is 0.0218. The zero-order valence-corrected chi connectivity index (χ0v) is 13.7. The fraction of sp³-hybridized carbons (Fsp3) is 0.938. The number of hydrogen-bond acceptors (Lipinski definition) is 4. The standard InChI is InChI=1S/C16H31N3O2/c1-4-7-17-13-10-14-5-6-15(11-13)19(14)12(2)16(20)18-8-9-21-3/h12-15,17H,4-11H2,1-3H3,(H,18,20). The second-order valence-corrected chi connectivity index (χ2v) is 6.41. The smallest absolute Gasteiger partial charge is 0.237 e. The molecule has 2 fully saturated rings. The number of rotatable bonds is 8. The summed E-state index contributed by atoms with van der Waals surface area (Å²) in [7, 11) is 1.66. The first kappa shape index (κ1) is 16.7. The Bertz CT molecular complexity index is 323. The predicted molar refractivity (Wildman–Crippen MR) is 84.3 cm³/mol. The Morgan fingerprint density at radius 1 is 1.29 bits per heavy atom. The van der Waals surface area contributed by atoms with E-state index in [2.05, 4.69) is 22.5 Å². The Morgan fingerprint density at radius 3 is 2.52 bits per heavy atom. The molecule has 0 aromatic rings. The molecular weight excluding hydrogens is 266 g/mol. The van der Waals surface area contributed by atoms with Crippen LogP contribution < -0.4 is 10.6 Å². The van der Waals surface area contributed by atoms with E-state index in [4.69, 9.17) is 4.74 Å². The molecule has 2 aliphatic heterocycles. The molecule has 122 valence electrons. The maximum absolute atomic E-state index is 12.3. The van der Waals surface area contributed by atoms with Gasteiger partial charge in [0.25, 0.3) is 0 Å². The van der Waals surface area contributed by atoms with Crippen molar-refractivity contribution in [2.75, 3.05) is 26.8 Å². The second kappa shape index (κ2) is 8.11. The maximum Gasteiger partial charge on any atom is 0.237 e. The fourth-order valence-electron chi connectivity index (χ4n) is 3.92. The Hall–Kier alpha value is -0.650. The van der Waals surface area contributed by atoms with Crippen molar-refractivity contribution in [2.24, 2.45) is 0 Å². The minimum Gasteiger partial charge on any atom is -0.383 e. The molecule has 2 heterocycles. The van der Waals surface area contributed by atoms with Crippen LogP contribution in [0.2, 0.25) is 0 Å². The highest BCUT2D eigenvalue weighted by atomic mass is 16.5. The van der Waals surface area contributed by atoms with E-state index in [1.54, 1.807) is 7.11 Å². The van der Waals surface area contributed by atoms with Gasteiger partial charge in [-0.2, -0.15) is 0 Å². The van der Waals surface area contributed by atoms with E-state index in [0.717, 1.165) is 6.54 Å². The van der Waals surface area contributed by atoms with Crippen molar-refractivity contribution in [2.45, 2.75) is 70.1 Å². The van der Waals surface area contributed by atoms with E-state index in [1.807, 2.05) is 6.92 Å². The normalized spacial score (nSPS) is 30.3. The molecule has 1 amide bonds. The van der Waals surface area contributed by atoms with Gasteiger partial charge in [-0.25, -0.2) is 0 Å². The Balaban J connectivity index is 1.85. The van der Waals surface area contributed by atoms with Crippen molar-refractivity contribution < 1.29 is 9.53 Å². The van der Waals surface area contributed by atoms with Crippen LogP contribution in [0.15, 0.2) is 0 Å². The van der Waals surface area contributed by atoms with Crippen molar-refractivity contribution in [3.63, 3.8) is 0 Å². The zero-order chi connectivity index (χ0) is 15.2. The van der Waals surface area contributed by atoms with E-state index in [0.29, 0.717) is 31.3 Å². The van der Waals surface area contributed by atoms with Crippen molar-refractivity contribution in [3.8, 4) is 0 Å². The van der Waals surface area contributed by atoms with Crippen LogP contribution in [0.25, 0.3) is 0 Å². The predicted octanol–water partition coefficient (Wildman–Crippen LogP) is 1.13. The highest BCUT2D eigenvalue weighted by Gasteiger charge is 2.44. The number of carbonyl (C=O) groups excluding carboxylic acids is 1. The first-order valence-electron chi connectivity index (χ1n) is 8.44. The Morgan fingerprint density at radius 2 is 1.95 bits per heavy atom. The number of amides is 1. The molecule has 0 radical (unpaired) electrons. The summed E-state index contributed by atoms with van der Waals surface area (Å²) < 4.78 is 4.99. The van der Waals surface area contributed by atoms with E-state index in [9.17, 15) is 4.79 Å². The monoisotopic (exact) mass is 297 g/mol. The van der Waals surface area contributed by atoms with Crippen LogP contribution in [-0.4, -0.2) is 61.8 Å². The lowest BCUT2D eigenvalue weighted by atomic mass is 9.95. The lowest BCUT2D eigenvalue weighted by Crippen LogP contribution is -2.56. The summed E-state index contributed by atoms with van der Waals surface area (Å²) in [6.45, 7) is 6.55. The number of piperidine rings is 1. The van der Waals surface area contributed by atoms with Gasteiger partial charge in [-0.3, -0.25) is 9.69 Å². The fourth-order valence-corrected chi connectivity index (χ4v) is 3.92. The number of fused-ring (bicyclic) bond motifs is 2. The van der Waals surface area contributed by atoms with Crippen LogP contribution in [0.4, 0.5) is 0 Å². The molecule has 2 N–H and O–H groups in total. The lowest BCUT2D eigenvalue weighted by Gasteiger charge is -2.42. The van der Waals surface area contributed by atoms with Gasteiger partial charge in [0.2, 0.25) is 5.91 Å². The molecule has 2 bridgehead atoms. The number of ether oxygens (including phenoxy) is 1. The van der Waals surface area contributed by atoms with Crippen LogP contribution >= 0.6 is 0 Å². The lowest BCUT2D eigenvalue weighted by molar-refractivity contribution is -0.128. The van der Waals surface area contributed by atoms with E-state index in [1.165, 1.54) is 32.1 Å². The molecule has 2 rings (SSSR count). The molecule has 2 aliphatic rings. The molecule has 2 saturated heterocycles. The van der Waals surface area contributed by atoms with Crippen LogP contribution in [0.3, 0.4) is 0 Å². The molecule has 0 aromatic heterocycles. The van der Waals surface area contributed by atoms with E-state index < -0.39 is 0 Å². The first-order chi connectivity index (χ1) is 10.2. The van der Waals surface area contributed by atoms with Crippen LogP contribution in [0.1, 0.15) is 46.0 Å². The Labute approximate surface area is 128 Å². The third kappa shape index (κ3) is 4.18. The summed E-state index contributed by atoms with van der Waals surface area (Å²) in [5.74, 6) is 0.143. The van der Waals surface area contributed by atoms with Crippen molar-refractivity contribution >= 4 is 5.91 Å². The van der Waals surface area contributed by atoms with Crippen LogP contribution in [-0.2, 0) is 9.53 Å². The topological polar surface area (TPSA) is 53.6 Å². The van der Waals surface area contributed by atoms with Crippen molar-refractivity contribution in [3.05, 3.63) is 0 Å². The van der Waals surface area contributed by atoms with Gasteiger partial charge in [0, 0.05) is 31.8 Å². The minimum atomic E-state index is -0.0218. The molecule has 5 heteroatoms. The Kier molecular flexibility index (Phi) is 6.45. The molecule has 0 saturated carbocycles. The van der Waals surface area contributed by atoms with Gasteiger partial charge in [-0.1, -0.05) is 6.92 Å². The average Bonchev–Trinajstić information content (AvgIpc) is 2.75. The molecule has 5 nitrogen and oxygen atoms in total. The summed E-state index contributed by atoms with van der Waals surface area (Å²) in [6, 6.07) is 1.76. The molecule has 0 aliphatic carbocycles. The van der Waals surface area contributed by atoms with Crippen molar-refractivity contribution in [1.82, 2.24) is 15.5 Å². The van der Waals surface area contributed by atoms with Crippen LogP contribution in [0.5, 0.6) is 0 Å². The van der Waals surface area contributed by atoms with Gasteiger partial charge in [0.05, 0.1) is 12.6 Å². The van der Waals surface area contributed by atoms with Gasteiger partial charge >= 0.3 is 0 Å². The third-order valence-corrected chi connectivity index (χ3v) is 4.90. The molecule has 0 aromatic carbocycles. The summed E-state index contributed by atoms with van der Waals surface area (Å²) in [4.78, 5) is 14.7. The van der Waals surface area contributed by atoms with Gasteiger partial charge in [0.1, 0.15) is 0 Å². The molecule has 3 atom stereocenters. The summed E-state index contributed by atoms with van der Waals surface area (Å²) >= 11 is 0. The zero-order valence-electron chi connectivity index (χ0n) is 13.7. The van der Waals surface area contributed by atoms with E-state index in [-0.39, 0.29) is 11.9 Å². The van der Waals surface area contributed by atoms with Crippen molar-refractivity contribution in [1.29, 1.82) is 0 Å². The average molecular weight is 297 g/mol. The number of hydrogen-bond donors (Lipinski definition) is 2. The molecule has 0 spiro atoms. The number of carbonyl (C=O) groups is 1. The highest BCUT2D eigenvalue weighted by Crippen LogP contribution is 2.37. The first-order valence-corrected chi connectivity index (χ1v) is 8.44. The van der Waals surface area contributed by atoms with Gasteiger partial charge in [0.15, 0.2) is 0 Å². The molecule has 3 unspecified atom stereocenters. The summed E-state index contributed by atoms with van der Waals surface area (Å²) in [5, 5.41) is 6.63. The second-order valence-electron chi connectivity index (χ2n) is 6.41. The quantitative estimate of drug-likeness (QED) is 0.660. The largest absolute Gasteiger partial charge is 0.383 e. The van der Waals surface area contributed by atoms with E-state index >= 15 is 0 Å². The van der Waals surface area contributed by atoms with Gasteiger partial charge in [-0.05, 0) is 45.6 Å². The molecular formula is C16H31N3O2. The van der Waals surface area contributed by atoms with Crippen LogP contribution in [0, 0.1) is 0 Å². The van der Waals surface area contributed by atoms with Gasteiger partial charge in [-0.15, -0.1) is 0 Å². The summed E-state index contributed by atoms with van der Waals surface area (Å²) in [6.07, 6.45) is 6.04. The van der Waals surface area contributed by atoms with Gasteiger partial charge < -0.3 is 15.4 Å². The SMILES string of the molecule is CCCNC1CC2CCC(C1)N2C(C)C(=O)NCCOC. The maximum atomic E-state index is 12.3. The number of nitrogens with one attached hydrogen (secondary N) is 2. The number of nitrogens with zero attached hydrogens (tertiary/aromatic N) is 1. The summed E-state index contributed by atoms with van der Waals surface area (Å²) in [5.41, 5.74) is 0. The third-order valence-electron chi connectivity index (χ3n) is 4.90. The molecule has 21 heavy (non-hydrogen) atoms. The highest BCUT2D eigenvalue weighted by molar-refractivity contribution is 5.81. The number of methoxy groups -OCH3 is 1.